The summed E-state index contributed by atoms with van der Waals surface area (Å²) < 4.78 is 16.0. The largest absolute Gasteiger partial charge is 0.496 e. The van der Waals surface area contributed by atoms with Crippen molar-refractivity contribution in [1.29, 1.82) is 0 Å². The van der Waals surface area contributed by atoms with Crippen LogP contribution in [0.15, 0.2) is 12.1 Å². The van der Waals surface area contributed by atoms with Gasteiger partial charge < -0.3 is 14.2 Å². The summed E-state index contributed by atoms with van der Waals surface area (Å²) in [6, 6.07) is 3.53. The molecule has 1 atom stereocenters. The fourth-order valence-electron chi connectivity index (χ4n) is 2.60. The average molecular weight is 353 g/mol. The third-order valence-electron chi connectivity index (χ3n) is 3.93. The van der Waals surface area contributed by atoms with Crippen molar-refractivity contribution >= 4 is 22.9 Å². The Bertz CT molecular complexity index is 619. The molecule has 132 valence electrons. The molecule has 1 aromatic rings. The van der Waals surface area contributed by atoms with Crippen molar-refractivity contribution < 1.29 is 23.8 Å². The summed E-state index contributed by atoms with van der Waals surface area (Å²) in [5.41, 5.74) is 0.811. The average Bonchev–Trinajstić information content (AvgIpc) is 2.86. The Morgan fingerprint density at radius 1 is 1.04 bits per heavy atom. The second-order valence-electron chi connectivity index (χ2n) is 5.44. The van der Waals surface area contributed by atoms with Crippen LogP contribution in [-0.4, -0.2) is 49.2 Å². The van der Waals surface area contributed by atoms with Crippen LogP contribution in [0.3, 0.4) is 0 Å². The summed E-state index contributed by atoms with van der Waals surface area (Å²) in [7, 11) is 4.67. The van der Waals surface area contributed by atoms with E-state index in [0.29, 0.717) is 30.2 Å². The number of methoxy groups -OCH3 is 3. The molecule has 0 unspecified atom stereocenters. The fourth-order valence-corrected chi connectivity index (χ4v) is 3.64. The molecule has 1 heterocycles. The molecular weight excluding hydrogens is 330 g/mol. The molecule has 0 bridgehead atoms. The number of thioether (sulfide) groups is 1. The van der Waals surface area contributed by atoms with Crippen molar-refractivity contribution in [1.82, 2.24) is 4.90 Å². The normalized spacial score (nSPS) is 17.3. The molecule has 0 spiro atoms. The quantitative estimate of drug-likeness (QED) is 0.715. The number of carbonyl (C=O) groups is 2. The summed E-state index contributed by atoms with van der Waals surface area (Å²) in [5, 5.41) is -0.598. The molecule has 7 heteroatoms. The molecule has 1 aromatic carbocycles. The third kappa shape index (κ3) is 3.77. The Morgan fingerprint density at radius 3 is 2.25 bits per heavy atom. The van der Waals surface area contributed by atoms with Crippen molar-refractivity contribution in [3.8, 4) is 17.2 Å². The van der Waals surface area contributed by atoms with E-state index in [2.05, 4.69) is 0 Å². The van der Waals surface area contributed by atoms with Gasteiger partial charge in [0, 0.05) is 12.6 Å². The molecule has 0 radical (unpaired) electrons. The van der Waals surface area contributed by atoms with Gasteiger partial charge in [-0.2, -0.15) is 0 Å². The lowest BCUT2D eigenvalue weighted by molar-refractivity contribution is -0.126. The number of hydrogen-bond donors (Lipinski definition) is 0. The van der Waals surface area contributed by atoms with Crippen molar-refractivity contribution in [2.24, 2.45) is 0 Å². The van der Waals surface area contributed by atoms with Crippen LogP contribution in [0.25, 0.3) is 0 Å². The number of imide groups is 1. The molecule has 0 N–H and O–H groups in total. The lowest BCUT2D eigenvalue weighted by Crippen LogP contribution is -2.33. The second-order valence-corrected chi connectivity index (χ2v) is 6.59. The van der Waals surface area contributed by atoms with Gasteiger partial charge in [0.25, 0.3) is 5.24 Å². The number of hydrogen-bond acceptors (Lipinski definition) is 6. The molecule has 0 aliphatic carbocycles. The van der Waals surface area contributed by atoms with Crippen molar-refractivity contribution in [2.75, 3.05) is 27.9 Å². The lowest BCUT2D eigenvalue weighted by Gasteiger charge is -2.16. The fraction of sp³-hybridized carbons (Fsp3) is 0.529. The van der Waals surface area contributed by atoms with Crippen LogP contribution in [-0.2, 0) is 11.2 Å². The molecule has 1 fully saturated rings. The highest BCUT2D eigenvalue weighted by Crippen LogP contribution is 2.38. The predicted molar refractivity (Wildman–Crippen MR) is 93.2 cm³/mol. The monoisotopic (exact) mass is 353 g/mol. The standard InChI is InChI=1S/C17H23NO5S/c1-5-6-7-18-16(19)15(24-17(18)20)9-11-8-13(22-3)14(23-4)10-12(11)21-2/h8,10,15H,5-7,9H2,1-4H3/t15-/m1/s1. The number of nitrogens with zero attached hydrogens (tertiary/aromatic N) is 1. The number of amides is 2. The first-order valence-corrected chi connectivity index (χ1v) is 8.74. The zero-order valence-electron chi connectivity index (χ0n) is 14.5. The summed E-state index contributed by atoms with van der Waals surface area (Å²) in [4.78, 5) is 25.9. The predicted octanol–water partition coefficient (Wildman–Crippen LogP) is 3.12. The maximum atomic E-state index is 12.5. The van der Waals surface area contributed by atoms with E-state index in [1.54, 1.807) is 33.5 Å². The van der Waals surface area contributed by atoms with Gasteiger partial charge in [-0.25, -0.2) is 0 Å². The zero-order valence-corrected chi connectivity index (χ0v) is 15.3. The number of unbranched alkanes of at least 4 members (excludes halogenated alkanes) is 1. The van der Waals surface area contributed by atoms with E-state index in [0.717, 1.165) is 30.2 Å². The molecule has 1 aliphatic rings. The molecule has 2 amide bonds. The van der Waals surface area contributed by atoms with Gasteiger partial charge in [0.1, 0.15) is 5.75 Å². The topological polar surface area (TPSA) is 65.1 Å². The van der Waals surface area contributed by atoms with Crippen LogP contribution in [0.1, 0.15) is 25.3 Å². The van der Waals surface area contributed by atoms with Crippen LogP contribution in [0.2, 0.25) is 0 Å². The Morgan fingerprint density at radius 2 is 1.67 bits per heavy atom. The van der Waals surface area contributed by atoms with E-state index in [1.807, 2.05) is 6.92 Å². The molecule has 1 saturated heterocycles. The van der Waals surface area contributed by atoms with E-state index >= 15 is 0 Å². The van der Waals surface area contributed by atoms with Crippen molar-refractivity contribution in [3.63, 3.8) is 0 Å². The molecule has 2 rings (SSSR count). The summed E-state index contributed by atoms with van der Waals surface area (Å²) in [5.74, 6) is 1.61. The highest BCUT2D eigenvalue weighted by Gasteiger charge is 2.39. The highest BCUT2D eigenvalue weighted by atomic mass is 32.2. The second kappa shape index (κ2) is 8.28. The van der Waals surface area contributed by atoms with Gasteiger partial charge in [0.2, 0.25) is 5.91 Å². The van der Waals surface area contributed by atoms with E-state index in [9.17, 15) is 9.59 Å². The van der Waals surface area contributed by atoms with Crippen molar-refractivity contribution in [2.45, 2.75) is 31.4 Å². The molecule has 24 heavy (non-hydrogen) atoms. The molecule has 0 saturated carbocycles. The first-order chi connectivity index (χ1) is 11.5. The van der Waals surface area contributed by atoms with Crippen LogP contribution < -0.4 is 14.2 Å². The van der Waals surface area contributed by atoms with Crippen molar-refractivity contribution in [3.05, 3.63) is 17.7 Å². The number of ether oxygens (including phenoxy) is 3. The van der Waals surface area contributed by atoms with Gasteiger partial charge in [-0.05, 0) is 24.5 Å². The maximum Gasteiger partial charge on any atom is 0.289 e. The lowest BCUT2D eigenvalue weighted by atomic mass is 10.1. The van der Waals surface area contributed by atoms with Crippen LogP contribution in [0.4, 0.5) is 4.79 Å². The first-order valence-electron chi connectivity index (χ1n) is 7.86. The summed E-state index contributed by atoms with van der Waals surface area (Å²) in [6.07, 6.45) is 2.17. The molecule has 6 nitrogen and oxygen atoms in total. The van der Waals surface area contributed by atoms with Gasteiger partial charge in [-0.1, -0.05) is 25.1 Å². The highest BCUT2D eigenvalue weighted by molar-refractivity contribution is 8.15. The smallest absolute Gasteiger partial charge is 0.289 e. The van der Waals surface area contributed by atoms with E-state index in [-0.39, 0.29) is 11.1 Å². The maximum absolute atomic E-state index is 12.5. The zero-order chi connectivity index (χ0) is 17.7. The van der Waals surface area contributed by atoms with Gasteiger partial charge in [-0.3, -0.25) is 14.5 Å². The minimum atomic E-state index is -0.429. The van der Waals surface area contributed by atoms with E-state index in [1.165, 1.54) is 4.90 Å². The minimum Gasteiger partial charge on any atom is -0.496 e. The number of carbonyl (C=O) groups excluding carboxylic acids is 2. The Hall–Kier alpha value is -1.89. The molecule has 0 aromatic heterocycles. The van der Waals surface area contributed by atoms with Crippen LogP contribution >= 0.6 is 11.8 Å². The van der Waals surface area contributed by atoms with E-state index in [4.69, 9.17) is 14.2 Å². The Balaban J connectivity index is 2.21. The number of rotatable bonds is 8. The SMILES string of the molecule is CCCCN1C(=O)S[C@H](Cc2cc(OC)c(OC)cc2OC)C1=O. The Labute approximate surface area is 146 Å². The van der Waals surface area contributed by atoms with Gasteiger partial charge in [-0.15, -0.1) is 0 Å². The number of benzene rings is 1. The van der Waals surface area contributed by atoms with E-state index < -0.39 is 5.25 Å². The third-order valence-corrected chi connectivity index (χ3v) is 5.01. The molecule has 1 aliphatic heterocycles. The first kappa shape index (κ1) is 18.4. The summed E-state index contributed by atoms with van der Waals surface area (Å²) in [6.45, 7) is 2.52. The van der Waals surface area contributed by atoms with Crippen LogP contribution in [0.5, 0.6) is 17.2 Å². The van der Waals surface area contributed by atoms with Gasteiger partial charge in [0.05, 0.1) is 26.6 Å². The minimum absolute atomic E-state index is 0.129. The van der Waals surface area contributed by atoms with Crippen LogP contribution in [0, 0.1) is 0 Å². The molecular formula is C17H23NO5S. The Kier molecular flexibility index (Phi) is 6.36. The summed E-state index contributed by atoms with van der Waals surface area (Å²) >= 11 is 1.08. The van der Waals surface area contributed by atoms with Gasteiger partial charge >= 0.3 is 0 Å². The van der Waals surface area contributed by atoms with Gasteiger partial charge in [0.15, 0.2) is 11.5 Å².